The highest BCUT2D eigenvalue weighted by Crippen LogP contribution is 2.20. The SMILES string of the molecule is Cc1ccc(-c2nc(CNC(C)CC(O)c3ccco3)co2)cc1. The van der Waals surface area contributed by atoms with Crippen molar-refractivity contribution in [3.05, 3.63) is 65.9 Å². The van der Waals surface area contributed by atoms with E-state index in [2.05, 4.69) is 10.3 Å². The third kappa shape index (κ3) is 4.13. The maximum Gasteiger partial charge on any atom is 0.226 e. The normalized spacial score (nSPS) is 13.8. The quantitative estimate of drug-likeness (QED) is 0.690. The summed E-state index contributed by atoms with van der Waals surface area (Å²) in [6.45, 7) is 4.65. The van der Waals surface area contributed by atoms with Crippen molar-refractivity contribution in [2.75, 3.05) is 0 Å². The summed E-state index contributed by atoms with van der Waals surface area (Å²) >= 11 is 0. The minimum Gasteiger partial charge on any atom is -0.467 e. The van der Waals surface area contributed by atoms with Crippen molar-refractivity contribution in [2.24, 2.45) is 0 Å². The predicted molar refractivity (Wildman–Crippen MR) is 91.3 cm³/mol. The van der Waals surface area contributed by atoms with E-state index in [4.69, 9.17) is 8.83 Å². The summed E-state index contributed by atoms with van der Waals surface area (Å²) in [7, 11) is 0. The molecule has 3 rings (SSSR count). The van der Waals surface area contributed by atoms with Crippen molar-refractivity contribution in [2.45, 2.75) is 39.0 Å². The highest BCUT2D eigenvalue weighted by atomic mass is 16.4. The largest absolute Gasteiger partial charge is 0.467 e. The molecule has 24 heavy (non-hydrogen) atoms. The van der Waals surface area contributed by atoms with Gasteiger partial charge in [0.05, 0.1) is 12.0 Å². The molecule has 0 amide bonds. The Morgan fingerprint density at radius 1 is 1.17 bits per heavy atom. The molecule has 2 aromatic heterocycles. The second-order valence-electron chi connectivity index (χ2n) is 6.06. The lowest BCUT2D eigenvalue weighted by Crippen LogP contribution is -2.27. The molecule has 3 aromatic rings. The second kappa shape index (κ2) is 7.47. The minimum atomic E-state index is -0.608. The van der Waals surface area contributed by atoms with Crippen molar-refractivity contribution in [1.29, 1.82) is 0 Å². The number of aliphatic hydroxyl groups is 1. The standard InChI is InChI=1S/C19H22N2O3/c1-13-5-7-15(8-6-13)19-21-16(12-24-19)11-20-14(2)10-17(22)18-4-3-9-23-18/h3-9,12,14,17,20,22H,10-11H2,1-2H3. The Kier molecular flexibility index (Phi) is 5.13. The summed E-state index contributed by atoms with van der Waals surface area (Å²) in [5.74, 6) is 1.21. The predicted octanol–water partition coefficient (Wildman–Crippen LogP) is 3.84. The van der Waals surface area contributed by atoms with E-state index in [-0.39, 0.29) is 6.04 Å². The number of rotatable bonds is 7. The number of nitrogens with one attached hydrogen (secondary N) is 1. The number of benzene rings is 1. The molecular formula is C19H22N2O3. The van der Waals surface area contributed by atoms with E-state index in [9.17, 15) is 5.11 Å². The fraction of sp³-hybridized carbons (Fsp3) is 0.316. The molecule has 0 fully saturated rings. The van der Waals surface area contributed by atoms with Crippen LogP contribution in [0.15, 0.2) is 57.8 Å². The molecule has 2 unspecified atom stereocenters. The van der Waals surface area contributed by atoms with Gasteiger partial charge in [-0.1, -0.05) is 17.7 Å². The summed E-state index contributed by atoms with van der Waals surface area (Å²) in [4.78, 5) is 4.50. The van der Waals surface area contributed by atoms with Gasteiger partial charge in [0, 0.05) is 18.2 Å². The second-order valence-corrected chi connectivity index (χ2v) is 6.06. The lowest BCUT2D eigenvalue weighted by Gasteiger charge is -2.15. The van der Waals surface area contributed by atoms with E-state index in [1.165, 1.54) is 5.56 Å². The zero-order valence-electron chi connectivity index (χ0n) is 13.9. The highest BCUT2D eigenvalue weighted by Gasteiger charge is 2.15. The number of hydrogen-bond donors (Lipinski definition) is 2. The molecule has 0 saturated heterocycles. The molecule has 0 aliphatic rings. The van der Waals surface area contributed by atoms with Crippen LogP contribution in [-0.4, -0.2) is 16.1 Å². The Morgan fingerprint density at radius 3 is 2.67 bits per heavy atom. The lowest BCUT2D eigenvalue weighted by molar-refractivity contribution is 0.128. The van der Waals surface area contributed by atoms with Crippen LogP contribution in [0.3, 0.4) is 0 Å². The molecule has 2 N–H and O–H groups in total. The summed E-state index contributed by atoms with van der Waals surface area (Å²) < 4.78 is 10.8. The van der Waals surface area contributed by atoms with Crippen molar-refractivity contribution >= 4 is 0 Å². The molecule has 1 aromatic carbocycles. The van der Waals surface area contributed by atoms with Gasteiger partial charge in [0.15, 0.2) is 0 Å². The van der Waals surface area contributed by atoms with Gasteiger partial charge in [-0.25, -0.2) is 4.98 Å². The van der Waals surface area contributed by atoms with E-state index in [0.29, 0.717) is 24.6 Å². The number of hydrogen-bond acceptors (Lipinski definition) is 5. The third-order valence-electron chi connectivity index (χ3n) is 3.93. The van der Waals surface area contributed by atoms with Gasteiger partial charge < -0.3 is 19.3 Å². The minimum absolute atomic E-state index is 0.115. The van der Waals surface area contributed by atoms with Crippen molar-refractivity contribution in [3.8, 4) is 11.5 Å². The molecule has 5 heteroatoms. The summed E-state index contributed by atoms with van der Waals surface area (Å²) in [5, 5.41) is 13.4. The van der Waals surface area contributed by atoms with E-state index in [0.717, 1.165) is 11.3 Å². The number of aryl methyl sites for hydroxylation is 1. The van der Waals surface area contributed by atoms with Crippen LogP contribution in [0.1, 0.15) is 36.5 Å². The zero-order valence-corrected chi connectivity index (χ0v) is 13.9. The molecule has 0 aliphatic heterocycles. The molecule has 5 nitrogen and oxygen atoms in total. The van der Waals surface area contributed by atoms with Crippen LogP contribution in [0.2, 0.25) is 0 Å². The first kappa shape index (κ1) is 16.5. The number of oxazole rings is 1. The lowest BCUT2D eigenvalue weighted by atomic mass is 10.1. The van der Waals surface area contributed by atoms with Crippen LogP contribution in [0.5, 0.6) is 0 Å². The molecule has 0 bridgehead atoms. The summed E-state index contributed by atoms with van der Waals surface area (Å²) in [6, 6.07) is 11.7. The first-order valence-corrected chi connectivity index (χ1v) is 8.08. The maximum atomic E-state index is 10.1. The molecule has 2 heterocycles. The van der Waals surface area contributed by atoms with Crippen LogP contribution in [0, 0.1) is 6.92 Å². The van der Waals surface area contributed by atoms with Gasteiger partial charge in [-0.15, -0.1) is 0 Å². The third-order valence-corrected chi connectivity index (χ3v) is 3.93. The molecule has 0 aliphatic carbocycles. The average Bonchev–Trinajstić information content (AvgIpc) is 3.25. The van der Waals surface area contributed by atoms with E-state index in [1.54, 1.807) is 24.7 Å². The topological polar surface area (TPSA) is 71.4 Å². The van der Waals surface area contributed by atoms with Crippen LogP contribution in [0.25, 0.3) is 11.5 Å². The van der Waals surface area contributed by atoms with Crippen LogP contribution in [0.4, 0.5) is 0 Å². The van der Waals surface area contributed by atoms with Gasteiger partial charge in [-0.2, -0.15) is 0 Å². The highest BCUT2D eigenvalue weighted by molar-refractivity contribution is 5.53. The van der Waals surface area contributed by atoms with E-state index >= 15 is 0 Å². The Hall–Kier alpha value is -2.37. The monoisotopic (exact) mass is 326 g/mol. The Bertz CT molecular complexity index is 747. The van der Waals surface area contributed by atoms with Gasteiger partial charge in [0.1, 0.15) is 18.1 Å². The van der Waals surface area contributed by atoms with Crippen LogP contribution >= 0.6 is 0 Å². The Morgan fingerprint density at radius 2 is 1.96 bits per heavy atom. The average molecular weight is 326 g/mol. The molecule has 126 valence electrons. The summed E-state index contributed by atoms with van der Waals surface area (Å²) in [6.07, 6.45) is 3.19. The smallest absolute Gasteiger partial charge is 0.226 e. The Labute approximate surface area is 141 Å². The molecule has 0 saturated carbocycles. The fourth-order valence-electron chi connectivity index (χ4n) is 2.51. The number of nitrogens with zero attached hydrogens (tertiary/aromatic N) is 1. The molecule has 2 atom stereocenters. The van der Waals surface area contributed by atoms with Crippen LogP contribution < -0.4 is 5.32 Å². The first-order chi connectivity index (χ1) is 11.6. The van der Waals surface area contributed by atoms with Gasteiger partial charge in [0.2, 0.25) is 5.89 Å². The number of aliphatic hydroxyl groups excluding tert-OH is 1. The van der Waals surface area contributed by atoms with Crippen molar-refractivity contribution in [1.82, 2.24) is 10.3 Å². The van der Waals surface area contributed by atoms with E-state index in [1.807, 2.05) is 38.1 Å². The maximum absolute atomic E-state index is 10.1. The Balaban J connectivity index is 1.52. The molecule has 0 radical (unpaired) electrons. The van der Waals surface area contributed by atoms with Crippen molar-refractivity contribution in [3.63, 3.8) is 0 Å². The van der Waals surface area contributed by atoms with Crippen LogP contribution in [-0.2, 0) is 6.54 Å². The van der Waals surface area contributed by atoms with Crippen molar-refractivity contribution < 1.29 is 13.9 Å². The zero-order chi connectivity index (χ0) is 16.9. The number of aromatic nitrogens is 1. The molecular weight excluding hydrogens is 304 g/mol. The van der Waals surface area contributed by atoms with Gasteiger partial charge in [0.25, 0.3) is 0 Å². The first-order valence-electron chi connectivity index (χ1n) is 8.08. The van der Waals surface area contributed by atoms with Gasteiger partial charge in [-0.3, -0.25) is 0 Å². The fourth-order valence-corrected chi connectivity index (χ4v) is 2.51. The number of furan rings is 1. The van der Waals surface area contributed by atoms with Gasteiger partial charge in [-0.05, 0) is 44.5 Å². The van der Waals surface area contributed by atoms with Gasteiger partial charge >= 0.3 is 0 Å². The van der Waals surface area contributed by atoms with E-state index < -0.39 is 6.10 Å². The summed E-state index contributed by atoms with van der Waals surface area (Å²) in [5.41, 5.74) is 3.01. The molecule has 0 spiro atoms.